The molecular formula is C22H23ClN4O. The van der Waals surface area contributed by atoms with Crippen LogP contribution in [0.2, 0.25) is 5.02 Å². The molecule has 1 atom stereocenters. The number of piperidine rings is 1. The number of aryl methyl sites for hydroxylation is 1. The largest absolute Gasteiger partial charge is 0.337 e. The number of halogens is 1. The van der Waals surface area contributed by atoms with Crippen LogP contribution in [0.5, 0.6) is 0 Å². The van der Waals surface area contributed by atoms with Gasteiger partial charge in [0.15, 0.2) is 0 Å². The Hall–Kier alpha value is -2.66. The maximum Gasteiger partial charge on any atom is 0.272 e. The SMILES string of the molecule is Cn1nccc1C(=O)N1CCCC(c2cccc(Cc3ccc(Cl)cc3)n2)C1. The summed E-state index contributed by atoms with van der Waals surface area (Å²) >= 11 is 5.97. The van der Waals surface area contributed by atoms with Crippen molar-refractivity contribution in [3.05, 3.63) is 82.4 Å². The summed E-state index contributed by atoms with van der Waals surface area (Å²) in [6, 6.07) is 15.9. The Balaban J connectivity index is 1.48. The fourth-order valence-corrected chi connectivity index (χ4v) is 3.91. The van der Waals surface area contributed by atoms with Gasteiger partial charge in [-0.15, -0.1) is 0 Å². The molecule has 1 amide bonds. The molecule has 0 radical (unpaired) electrons. The van der Waals surface area contributed by atoms with E-state index in [0.717, 1.165) is 42.2 Å². The number of benzene rings is 1. The summed E-state index contributed by atoms with van der Waals surface area (Å²) < 4.78 is 1.64. The summed E-state index contributed by atoms with van der Waals surface area (Å²) in [5.41, 5.74) is 3.92. The molecule has 1 unspecified atom stereocenters. The molecular weight excluding hydrogens is 372 g/mol. The normalized spacial score (nSPS) is 16.9. The highest BCUT2D eigenvalue weighted by atomic mass is 35.5. The minimum Gasteiger partial charge on any atom is -0.337 e. The number of amides is 1. The number of likely N-dealkylation sites (tertiary alicyclic amines) is 1. The van der Waals surface area contributed by atoms with Crippen LogP contribution in [0.25, 0.3) is 0 Å². The zero-order valence-corrected chi connectivity index (χ0v) is 16.6. The molecule has 28 heavy (non-hydrogen) atoms. The number of aromatic nitrogens is 3. The Bertz CT molecular complexity index is 967. The Morgan fingerprint density at radius 1 is 1.18 bits per heavy atom. The number of carbonyl (C=O) groups excluding carboxylic acids is 1. The van der Waals surface area contributed by atoms with Gasteiger partial charge < -0.3 is 4.90 Å². The van der Waals surface area contributed by atoms with Crippen molar-refractivity contribution in [1.29, 1.82) is 0 Å². The first kappa shape index (κ1) is 18.7. The molecule has 5 nitrogen and oxygen atoms in total. The van der Waals surface area contributed by atoms with Gasteiger partial charge in [0.25, 0.3) is 5.91 Å². The third-order valence-electron chi connectivity index (χ3n) is 5.29. The molecule has 1 aliphatic heterocycles. The molecule has 0 N–H and O–H groups in total. The minimum atomic E-state index is 0.0435. The summed E-state index contributed by atoms with van der Waals surface area (Å²) in [7, 11) is 1.80. The lowest BCUT2D eigenvalue weighted by Gasteiger charge is -2.32. The second-order valence-electron chi connectivity index (χ2n) is 7.29. The third kappa shape index (κ3) is 4.09. The van der Waals surface area contributed by atoms with E-state index in [1.807, 2.05) is 29.2 Å². The van der Waals surface area contributed by atoms with Gasteiger partial charge in [0.1, 0.15) is 5.69 Å². The van der Waals surface area contributed by atoms with Crippen LogP contribution < -0.4 is 0 Å². The molecule has 3 heterocycles. The molecule has 1 fully saturated rings. The van der Waals surface area contributed by atoms with Crippen LogP contribution in [-0.4, -0.2) is 38.7 Å². The Morgan fingerprint density at radius 3 is 2.75 bits per heavy atom. The number of rotatable bonds is 4. The Kier molecular flexibility index (Phi) is 5.44. The number of hydrogen-bond acceptors (Lipinski definition) is 3. The first-order valence-corrected chi connectivity index (χ1v) is 9.95. The Morgan fingerprint density at radius 2 is 2.00 bits per heavy atom. The van der Waals surface area contributed by atoms with Crippen LogP contribution in [0.4, 0.5) is 0 Å². The second-order valence-corrected chi connectivity index (χ2v) is 7.72. The fourth-order valence-electron chi connectivity index (χ4n) is 3.78. The summed E-state index contributed by atoms with van der Waals surface area (Å²) in [4.78, 5) is 19.7. The number of carbonyl (C=O) groups is 1. The zero-order valence-electron chi connectivity index (χ0n) is 15.9. The fraction of sp³-hybridized carbons (Fsp3) is 0.318. The topological polar surface area (TPSA) is 51.0 Å². The van der Waals surface area contributed by atoms with E-state index in [2.05, 4.69) is 23.3 Å². The monoisotopic (exact) mass is 394 g/mol. The quantitative estimate of drug-likeness (QED) is 0.670. The number of pyridine rings is 1. The molecule has 0 aliphatic carbocycles. The van der Waals surface area contributed by atoms with Gasteiger partial charge in [-0.3, -0.25) is 14.5 Å². The van der Waals surface area contributed by atoms with Crippen LogP contribution in [0.15, 0.2) is 54.7 Å². The predicted molar refractivity (Wildman–Crippen MR) is 110 cm³/mol. The smallest absolute Gasteiger partial charge is 0.272 e. The molecule has 3 aromatic rings. The van der Waals surface area contributed by atoms with Gasteiger partial charge in [-0.2, -0.15) is 5.10 Å². The lowest BCUT2D eigenvalue weighted by atomic mass is 9.93. The van der Waals surface area contributed by atoms with E-state index in [4.69, 9.17) is 16.6 Å². The second kappa shape index (κ2) is 8.15. The highest BCUT2D eigenvalue weighted by Crippen LogP contribution is 2.27. The van der Waals surface area contributed by atoms with Gasteiger partial charge >= 0.3 is 0 Å². The average Bonchev–Trinajstić information content (AvgIpc) is 3.15. The van der Waals surface area contributed by atoms with Crippen molar-refractivity contribution in [1.82, 2.24) is 19.7 Å². The van der Waals surface area contributed by atoms with Gasteiger partial charge in [-0.1, -0.05) is 29.8 Å². The molecule has 1 aromatic carbocycles. The lowest BCUT2D eigenvalue weighted by Crippen LogP contribution is -2.40. The van der Waals surface area contributed by atoms with Gasteiger partial charge in [0, 0.05) is 55.1 Å². The summed E-state index contributed by atoms with van der Waals surface area (Å²) in [6.07, 6.45) is 4.47. The van der Waals surface area contributed by atoms with Crippen molar-refractivity contribution >= 4 is 17.5 Å². The predicted octanol–water partition coefficient (Wildman–Crippen LogP) is 4.08. The molecule has 2 aromatic heterocycles. The van der Waals surface area contributed by atoms with E-state index >= 15 is 0 Å². The molecule has 144 valence electrons. The third-order valence-corrected chi connectivity index (χ3v) is 5.55. The van der Waals surface area contributed by atoms with Gasteiger partial charge in [-0.05, 0) is 48.7 Å². The van der Waals surface area contributed by atoms with Crippen molar-refractivity contribution < 1.29 is 4.79 Å². The highest BCUT2D eigenvalue weighted by Gasteiger charge is 2.27. The van der Waals surface area contributed by atoms with Crippen molar-refractivity contribution in [2.75, 3.05) is 13.1 Å². The first-order chi connectivity index (χ1) is 13.6. The van der Waals surface area contributed by atoms with Crippen molar-refractivity contribution in [2.24, 2.45) is 7.05 Å². The molecule has 4 rings (SSSR count). The standard InChI is InChI=1S/C22H23ClN4O/c1-26-21(11-12-24-26)22(28)27-13-3-4-17(15-27)20-6-2-5-19(25-20)14-16-7-9-18(23)10-8-16/h2,5-12,17H,3-4,13-15H2,1H3. The summed E-state index contributed by atoms with van der Waals surface area (Å²) in [6.45, 7) is 1.48. The molecule has 1 aliphatic rings. The summed E-state index contributed by atoms with van der Waals surface area (Å²) in [5.74, 6) is 0.304. The van der Waals surface area contributed by atoms with E-state index in [0.29, 0.717) is 12.2 Å². The Labute approximate surface area is 170 Å². The van der Waals surface area contributed by atoms with Crippen LogP contribution in [-0.2, 0) is 13.5 Å². The number of nitrogens with zero attached hydrogens (tertiary/aromatic N) is 4. The summed E-state index contributed by atoms with van der Waals surface area (Å²) in [5, 5.41) is 4.86. The zero-order chi connectivity index (χ0) is 19.5. The van der Waals surface area contributed by atoms with Gasteiger partial charge in [0.2, 0.25) is 0 Å². The number of hydrogen-bond donors (Lipinski definition) is 0. The van der Waals surface area contributed by atoms with Gasteiger partial charge in [0.05, 0.1) is 0 Å². The van der Waals surface area contributed by atoms with Crippen molar-refractivity contribution in [3.8, 4) is 0 Å². The van der Waals surface area contributed by atoms with E-state index < -0.39 is 0 Å². The molecule has 6 heteroatoms. The van der Waals surface area contributed by atoms with Gasteiger partial charge in [-0.25, -0.2) is 0 Å². The highest BCUT2D eigenvalue weighted by molar-refractivity contribution is 6.30. The van der Waals surface area contributed by atoms with Crippen molar-refractivity contribution in [2.45, 2.75) is 25.2 Å². The lowest BCUT2D eigenvalue weighted by molar-refractivity contribution is 0.0694. The van der Waals surface area contributed by atoms with Crippen LogP contribution in [0, 0.1) is 0 Å². The van der Waals surface area contributed by atoms with Crippen molar-refractivity contribution in [3.63, 3.8) is 0 Å². The van der Waals surface area contributed by atoms with Crippen LogP contribution in [0.3, 0.4) is 0 Å². The average molecular weight is 395 g/mol. The van der Waals surface area contributed by atoms with E-state index in [1.54, 1.807) is 24.0 Å². The molecule has 0 saturated carbocycles. The molecule has 0 bridgehead atoms. The first-order valence-electron chi connectivity index (χ1n) is 9.58. The maximum absolute atomic E-state index is 12.8. The minimum absolute atomic E-state index is 0.0435. The molecule has 1 saturated heterocycles. The van der Waals surface area contributed by atoms with E-state index in [1.165, 1.54) is 5.56 Å². The maximum atomic E-state index is 12.8. The van der Waals surface area contributed by atoms with E-state index in [9.17, 15) is 4.79 Å². The van der Waals surface area contributed by atoms with Crippen LogP contribution in [0.1, 0.15) is 46.2 Å². The van der Waals surface area contributed by atoms with Crippen LogP contribution >= 0.6 is 11.6 Å². The molecule has 0 spiro atoms. The van der Waals surface area contributed by atoms with E-state index in [-0.39, 0.29) is 11.8 Å².